The molecule has 3 aromatic rings. The van der Waals surface area contributed by atoms with Crippen LogP contribution < -0.4 is 0 Å². The Morgan fingerprint density at radius 1 is 1.26 bits per heavy atom. The summed E-state index contributed by atoms with van der Waals surface area (Å²) in [6.07, 6.45) is 5.60. The lowest BCUT2D eigenvalue weighted by Gasteiger charge is -2.05. The smallest absolute Gasteiger partial charge is 0.137 e. The SMILES string of the molecule is CSc1ccccc1-c1c[nH]c2ncc(C#N)cc12. The summed E-state index contributed by atoms with van der Waals surface area (Å²) in [5, 5.41) is 9.98. The Morgan fingerprint density at radius 2 is 2.11 bits per heavy atom. The van der Waals surface area contributed by atoms with E-state index in [-0.39, 0.29) is 0 Å². The van der Waals surface area contributed by atoms with Gasteiger partial charge in [0, 0.05) is 28.2 Å². The van der Waals surface area contributed by atoms with Crippen molar-refractivity contribution in [3.05, 3.63) is 48.3 Å². The van der Waals surface area contributed by atoms with Crippen LogP contribution in [0, 0.1) is 11.3 Å². The van der Waals surface area contributed by atoms with Crippen LogP contribution in [0.4, 0.5) is 0 Å². The monoisotopic (exact) mass is 265 g/mol. The van der Waals surface area contributed by atoms with Gasteiger partial charge in [-0.1, -0.05) is 18.2 Å². The van der Waals surface area contributed by atoms with E-state index in [9.17, 15) is 0 Å². The van der Waals surface area contributed by atoms with E-state index in [0.29, 0.717) is 5.56 Å². The van der Waals surface area contributed by atoms with E-state index in [1.165, 1.54) is 4.90 Å². The number of rotatable bonds is 2. The molecule has 0 unspecified atom stereocenters. The Morgan fingerprint density at radius 3 is 2.89 bits per heavy atom. The molecule has 2 heterocycles. The molecule has 19 heavy (non-hydrogen) atoms. The molecule has 3 rings (SSSR count). The molecule has 0 amide bonds. The molecular formula is C15H11N3S. The van der Waals surface area contributed by atoms with E-state index in [2.05, 4.69) is 34.4 Å². The second kappa shape index (κ2) is 4.79. The predicted octanol–water partition coefficient (Wildman–Crippen LogP) is 3.82. The Bertz CT molecular complexity index is 783. The maximum Gasteiger partial charge on any atom is 0.137 e. The molecule has 0 aliphatic carbocycles. The molecule has 0 atom stereocenters. The zero-order valence-corrected chi connectivity index (χ0v) is 11.2. The van der Waals surface area contributed by atoms with Gasteiger partial charge in [0.1, 0.15) is 11.7 Å². The number of nitrogens with zero attached hydrogens (tertiary/aromatic N) is 2. The molecule has 3 nitrogen and oxygen atoms in total. The van der Waals surface area contributed by atoms with Crippen LogP contribution in [-0.2, 0) is 0 Å². The first-order valence-electron chi connectivity index (χ1n) is 5.84. The molecule has 0 saturated heterocycles. The lowest BCUT2D eigenvalue weighted by atomic mass is 10.1. The van der Waals surface area contributed by atoms with Crippen LogP contribution in [0.5, 0.6) is 0 Å². The van der Waals surface area contributed by atoms with Crippen molar-refractivity contribution in [1.82, 2.24) is 9.97 Å². The minimum atomic E-state index is 0.579. The van der Waals surface area contributed by atoms with Crippen molar-refractivity contribution >= 4 is 22.8 Å². The van der Waals surface area contributed by atoms with Crippen molar-refractivity contribution in [3.8, 4) is 17.2 Å². The van der Waals surface area contributed by atoms with E-state index in [1.54, 1.807) is 18.0 Å². The van der Waals surface area contributed by atoms with Crippen LogP contribution in [0.25, 0.3) is 22.2 Å². The van der Waals surface area contributed by atoms with Gasteiger partial charge in [0.2, 0.25) is 0 Å². The highest BCUT2D eigenvalue weighted by Crippen LogP contribution is 2.34. The lowest BCUT2D eigenvalue weighted by Crippen LogP contribution is -1.82. The highest BCUT2D eigenvalue weighted by atomic mass is 32.2. The number of nitrogens with one attached hydrogen (secondary N) is 1. The standard InChI is InChI=1S/C15H11N3S/c1-19-14-5-3-2-4-11(14)13-9-18-15-12(13)6-10(7-16)8-17-15/h2-6,8-9H,1H3,(H,17,18). The summed E-state index contributed by atoms with van der Waals surface area (Å²) in [7, 11) is 0. The first-order valence-corrected chi connectivity index (χ1v) is 7.06. The molecule has 92 valence electrons. The number of nitriles is 1. The van der Waals surface area contributed by atoms with Crippen LogP contribution in [0.3, 0.4) is 0 Å². The average molecular weight is 265 g/mol. The fourth-order valence-corrected chi connectivity index (χ4v) is 2.77. The van der Waals surface area contributed by atoms with Crippen LogP contribution in [0.15, 0.2) is 47.6 Å². The number of H-pyrrole nitrogens is 1. The van der Waals surface area contributed by atoms with Crippen molar-refractivity contribution < 1.29 is 0 Å². The number of thioether (sulfide) groups is 1. The maximum absolute atomic E-state index is 8.99. The molecule has 0 aliphatic heterocycles. The fourth-order valence-electron chi connectivity index (χ4n) is 2.15. The van der Waals surface area contributed by atoms with Gasteiger partial charge in [-0.05, 0) is 24.0 Å². The number of aromatic nitrogens is 2. The molecule has 0 radical (unpaired) electrons. The molecule has 0 bridgehead atoms. The first-order chi connectivity index (χ1) is 9.33. The van der Waals surface area contributed by atoms with Crippen molar-refractivity contribution in [2.24, 2.45) is 0 Å². The highest BCUT2D eigenvalue weighted by Gasteiger charge is 2.10. The first kappa shape index (κ1) is 11.8. The summed E-state index contributed by atoms with van der Waals surface area (Å²) in [5.74, 6) is 0. The summed E-state index contributed by atoms with van der Waals surface area (Å²) >= 11 is 1.71. The summed E-state index contributed by atoms with van der Waals surface area (Å²) < 4.78 is 0. The van der Waals surface area contributed by atoms with Gasteiger partial charge in [-0.15, -0.1) is 11.8 Å². The minimum Gasteiger partial charge on any atom is -0.346 e. The number of hydrogen-bond donors (Lipinski definition) is 1. The third-order valence-electron chi connectivity index (χ3n) is 3.06. The number of benzene rings is 1. The van der Waals surface area contributed by atoms with E-state index >= 15 is 0 Å². The van der Waals surface area contributed by atoms with Crippen molar-refractivity contribution in [3.63, 3.8) is 0 Å². The fraction of sp³-hybridized carbons (Fsp3) is 0.0667. The third-order valence-corrected chi connectivity index (χ3v) is 3.85. The van der Waals surface area contributed by atoms with Crippen LogP contribution in [0.1, 0.15) is 5.56 Å². The van der Waals surface area contributed by atoms with Gasteiger partial charge in [-0.3, -0.25) is 0 Å². The van der Waals surface area contributed by atoms with E-state index in [1.807, 2.05) is 24.4 Å². The summed E-state index contributed by atoms with van der Waals surface area (Å²) in [6, 6.07) is 12.3. The molecule has 1 aromatic carbocycles. The molecule has 0 fully saturated rings. The van der Waals surface area contributed by atoms with Gasteiger partial charge >= 0.3 is 0 Å². The maximum atomic E-state index is 8.99. The molecule has 2 aromatic heterocycles. The quantitative estimate of drug-likeness (QED) is 0.716. The van der Waals surface area contributed by atoms with E-state index in [4.69, 9.17) is 5.26 Å². The van der Waals surface area contributed by atoms with E-state index in [0.717, 1.165) is 22.2 Å². The number of hydrogen-bond acceptors (Lipinski definition) is 3. The minimum absolute atomic E-state index is 0.579. The van der Waals surface area contributed by atoms with Gasteiger partial charge in [-0.25, -0.2) is 4.98 Å². The largest absolute Gasteiger partial charge is 0.346 e. The zero-order chi connectivity index (χ0) is 13.2. The van der Waals surface area contributed by atoms with Gasteiger partial charge in [0.25, 0.3) is 0 Å². The van der Waals surface area contributed by atoms with Gasteiger partial charge in [-0.2, -0.15) is 5.26 Å². The second-order valence-corrected chi connectivity index (χ2v) is 4.98. The van der Waals surface area contributed by atoms with Crippen molar-refractivity contribution in [1.29, 1.82) is 5.26 Å². The summed E-state index contributed by atoms with van der Waals surface area (Å²) in [5.41, 5.74) is 3.64. The number of aromatic amines is 1. The third kappa shape index (κ3) is 1.98. The van der Waals surface area contributed by atoms with Crippen LogP contribution >= 0.6 is 11.8 Å². The molecular weight excluding hydrogens is 254 g/mol. The second-order valence-electron chi connectivity index (χ2n) is 4.13. The Hall–Kier alpha value is -2.25. The van der Waals surface area contributed by atoms with Gasteiger partial charge < -0.3 is 4.98 Å². The summed E-state index contributed by atoms with van der Waals surface area (Å²) in [4.78, 5) is 8.64. The summed E-state index contributed by atoms with van der Waals surface area (Å²) in [6.45, 7) is 0. The van der Waals surface area contributed by atoms with Crippen LogP contribution in [0.2, 0.25) is 0 Å². The zero-order valence-electron chi connectivity index (χ0n) is 10.3. The van der Waals surface area contributed by atoms with Gasteiger partial charge in [0.15, 0.2) is 0 Å². The molecule has 0 saturated carbocycles. The molecule has 0 aliphatic rings. The van der Waals surface area contributed by atoms with Crippen molar-refractivity contribution in [2.75, 3.05) is 6.26 Å². The normalized spacial score (nSPS) is 10.5. The van der Waals surface area contributed by atoms with Gasteiger partial charge in [0.05, 0.1) is 5.56 Å². The van der Waals surface area contributed by atoms with E-state index < -0.39 is 0 Å². The Labute approximate surface area is 115 Å². The highest BCUT2D eigenvalue weighted by molar-refractivity contribution is 7.98. The Kier molecular flexibility index (Phi) is 2.98. The van der Waals surface area contributed by atoms with Crippen LogP contribution in [-0.4, -0.2) is 16.2 Å². The Balaban J connectivity index is 2.28. The number of fused-ring (bicyclic) bond motifs is 1. The average Bonchev–Trinajstić information content (AvgIpc) is 2.89. The van der Waals surface area contributed by atoms with Crippen molar-refractivity contribution in [2.45, 2.75) is 4.90 Å². The number of pyridine rings is 1. The molecule has 4 heteroatoms. The molecule has 0 spiro atoms. The molecule has 1 N–H and O–H groups in total. The predicted molar refractivity (Wildman–Crippen MR) is 78.0 cm³/mol. The topological polar surface area (TPSA) is 52.5 Å². The lowest BCUT2D eigenvalue weighted by molar-refractivity contribution is 1.31.